The first kappa shape index (κ1) is 10.6. The van der Waals surface area contributed by atoms with E-state index in [2.05, 4.69) is 17.7 Å². The molecular weight excluding hydrogens is 160 g/mol. The Morgan fingerprint density at radius 2 is 2.46 bits per heavy atom. The second kappa shape index (κ2) is 5.26. The Kier molecular flexibility index (Phi) is 4.27. The minimum absolute atomic E-state index is 0.328. The van der Waals surface area contributed by atoms with E-state index in [1.807, 2.05) is 0 Å². The summed E-state index contributed by atoms with van der Waals surface area (Å²) in [5.41, 5.74) is 5.67. The summed E-state index contributed by atoms with van der Waals surface area (Å²) in [5, 5.41) is 0. The Hall–Kier alpha value is -0.520. The summed E-state index contributed by atoms with van der Waals surface area (Å²) in [7, 11) is 0. The molecule has 0 aromatic carbocycles. The van der Waals surface area contributed by atoms with Crippen LogP contribution in [0.4, 0.5) is 0 Å². The summed E-state index contributed by atoms with van der Waals surface area (Å²) in [6.45, 7) is 5.20. The van der Waals surface area contributed by atoms with E-state index in [1.165, 1.54) is 12.8 Å². The van der Waals surface area contributed by atoms with Gasteiger partial charge in [-0.25, -0.2) is 0 Å². The number of hydrogen-bond donors (Lipinski definition) is 1. The molecule has 1 rings (SSSR count). The van der Waals surface area contributed by atoms with E-state index in [0.29, 0.717) is 12.0 Å². The highest BCUT2D eigenvalue weighted by atomic mass is 15.2. The van der Waals surface area contributed by atoms with Crippen molar-refractivity contribution in [2.45, 2.75) is 32.2 Å². The summed E-state index contributed by atoms with van der Waals surface area (Å²) in [6, 6.07) is 0.328. The van der Waals surface area contributed by atoms with Crippen molar-refractivity contribution in [3.05, 3.63) is 0 Å². The van der Waals surface area contributed by atoms with E-state index in [0.717, 1.165) is 26.1 Å². The number of piperidine rings is 1. The number of likely N-dealkylation sites (tertiary alicyclic amines) is 1. The SMILES string of the molecule is C#CC(CC)N1CCCC(CN)C1. The maximum Gasteiger partial charge on any atom is 0.0709 e. The topological polar surface area (TPSA) is 29.3 Å². The van der Waals surface area contributed by atoms with Crippen LogP contribution in [0, 0.1) is 18.3 Å². The Labute approximate surface area is 81.5 Å². The molecule has 1 aliphatic rings. The van der Waals surface area contributed by atoms with Crippen LogP contribution < -0.4 is 5.73 Å². The van der Waals surface area contributed by atoms with Crippen molar-refractivity contribution in [2.24, 2.45) is 11.7 Å². The average molecular weight is 180 g/mol. The second-order valence-electron chi connectivity index (χ2n) is 3.83. The molecular formula is C11H20N2. The minimum Gasteiger partial charge on any atom is -0.330 e. The molecule has 74 valence electrons. The van der Waals surface area contributed by atoms with Crippen molar-refractivity contribution in [3.63, 3.8) is 0 Å². The van der Waals surface area contributed by atoms with E-state index in [-0.39, 0.29) is 0 Å². The third-order valence-corrected chi connectivity index (χ3v) is 2.90. The van der Waals surface area contributed by atoms with Gasteiger partial charge in [0.1, 0.15) is 0 Å². The lowest BCUT2D eigenvalue weighted by Crippen LogP contribution is -2.43. The van der Waals surface area contributed by atoms with Gasteiger partial charge in [-0.2, -0.15) is 0 Å². The van der Waals surface area contributed by atoms with Crippen molar-refractivity contribution in [1.29, 1.82) is 0 Å². The molecule has 2 atom stereocenters. The third-order valence-electron chi connectivity index (χ3n) is 2.90. The van der Waals surface area contributed by atoms with Gasteiger partial charge in [0.25, 0.3) is 0 Å². The zero-order chi connectivity index (χ0) is 9.68. The monoisotopic (exact) mass is 180 g/mol. The first-order valence-corrected chi connectivity index (χ1v) is 5.22. The van der Waals surface area contributed by atoms with Crippen LogP contribution in [0.3, 0.4) is 0 Å². The quantitative estimate of drug-likeness (QED) is 0.658. The van der Waals surface area contributed by atoms with Crippen LogP contribution in [0.1, 0.15) is 26.2 Å². The van der Waals surface area contributed by atoms with Crippen molar-refractivity contribution in [1.82, 2.24) is 4.90 Å². The maximum atomic E-state index is 5.67. The second-order valence-corrected chi connectivity index (χ2v) is 3.83. The molecule has 0 aromatic heterocycles. The van der Waals surface area contributed by atoms with Gasteiger partial charge in [0, 0.05) is 6.54 Å². The lowest BCUT2D eigenvalue weighted by molar-refractivity contribution is 0.150. The van der Waals surface area contributed by atoms with Crippen LogP contribution >= 0.6 is 0 Å². The number of nitrogens with two attached hydrogens (primary N) is 1. The van der Waals surface area contributed by atoms with Gasteiger partial charge in [0.2, 0.25) is 0 Å². The largest absolute Gasteiger partial charge is 0.330 e. The molecule has 1 aliphatic heterocycles. The lowest BCUT2D eigenvalue weighted by atomic mass is 9.96. The molecule has 0 aliphatic carbocycles. The van der Waals surface area contributed by atoms with E-state index in [4.69, 9.17) is 12.2 Å². The standard InChI is InChI=1S/C11H20N2/c1-3-11(4-2)13-7-5-6-10(8-12)9-13/h1,10-11H,4-9,12H2,2H3. The fourth-order valence-corrected chi connectivity index (χ4v) is 2.05. The molecule has 0 amide bonds. The van der Waals surface area contributed by atoms with E-state index >= 15 is 0 Å². The Bertz CT molecular complexity index is 183. The zero-order valence-electron chi connectivity index (χ0n) is 8.50. The van der Waals surface area contributed by atoms with Gasteiger partial charge in [-0.05, 0) is 38.3 Å². The molecule has 2 nitrogen and oxygen atoms in total. The molecule has 0 bridgehead atoms. The van der Waals surface area contributed by atoms with Gasteiger partial charge in [-0.15, -0.1) is 6.42 Å². The summed E-state index contributed by atoms with van der Waals surface area (Å²) >= 11 is 0. The van der Waals surface area contributed by atoms with Crippen LogP contribution in [0.5, 0.6) is 0 Å². The third kappa shape index (κ3) is 2.72. The predicted molar refractivity (Wildman–Crippen MR) is 56.3 cm³/mol. The summed E-state index contributed by atoms with van der Waals surface area (Å²) in [6.07, 6.45) is 9.05. The van der Waals surface area contributed by atoms with E-state index in [1.54, 1.807) is 0 Å². The molecule has 2 unspecified atom stereocenters. The smallest absolute Gasteiger partial charge is 0.0709 e. The number of terminal acetylenes is 1. The van der Waals surface area contributed by atoms with Gasteiger partial charge in [-0.3, -0.25) is 4.90 Å². The number of nitrogens with zero attached hydrogens (tertiary/aromatic N) is 1. The average Bonchev–Trinajstić information content (AvgIpc) is 2.20. The first-order chi connectivity index (χ1) is 6.31. The molecule has 2 N–H and O–H groups in total. The summed E-state index contributed by atoms with van der Waals surface area (Å²) < 4.78 is 0. The highest BCUT2D eigenvalue weighted by molar-refractivity contribution is 5.00. The van der Waals surface area contributed by atoms with Crippen LogP contribution in [0.2, 0.25) is 0 Å². The molecule has 0 aromatic rings. The molecule has 0 saturated carbocycles. The van der Waals surface area contributed by atoms with Gasteiger partial charge >= 0.3 is 0 Å². The molecule has 13 heavy (non-hydrogen) atoms. The molecule has 0 spiro atoms. The molecule has 2 heteroatoms. The fraction of sp³-hybridized carbons (Fsp3) is 0.818. The van der Waals surface area contributed by atoms with Crippen LogP contribution in [0.25, 0.3) is 0 Å². The van der Waals surface area contributed by atoms with Crippen LogP contribution in [0.15, 0.2) is 0 Å². The summed E-state index contributed by atoms with van der Waals surface area (Å²) in [4.78, 5) is 2.40. The fourth-order valence-electron chi connectivity index (χ4n) is 2.05. The van der Waals surface area contributed by atoms with Crippen molar-refractivity contribution >= 4 is 0 Å². The lowest BCUT2D eigenvalue weighted by Gasteiger charge is -2.35. The van der Waals surface area contributed by atoms with E-state index < -0.39 is 0 Å². The first-order valence-electron chi connectivity index (χ1n) is 5.22. The van der Waals surface area contributed by atoms with Gasteiger partial charge in [0.15, 0.2) is 0 Å². The highest BCUT2D eigenvalue weighted by Crippen LogP contribution is 2.18. The Morgan fingerprint density at radius 1 is 1.69 bits per heavy atom. The summed E-state index contributed by atoms with van der Waals surface area (Å²) in [5.74, 6) is 3.51. The Balaban J connectivity index is 2.46. The normalized spacial score (nSPS) is 26.7. The van der Waals surface area contributed by atoms with E-state index in [9.17, 15) is 0 Å². The predicted octanol–water partition coefficient (Wildman–Crippen LogP) is 1.07. The van der Waals surface area contributed by atoms with Gasteiger partial charge in [0.05, 0.1) is 6.04 Å². The van der Waals surface area contributed by atoms with Gasteiger partial charge in [-0.1, -0.05) is 12.8 Å². The van der Waals surface area contributed by atoms with Gasteiger partial charge < -0.3 is 5.73 Å². The van der Waals surface area contributed by atoms with Crippen molar-refractivity contribution in [3.8, 4) is 12.3 Å². The maximum absolute atomic E-state index is 5.67. The van der Waals surface area contributed by atoms with Crippen molar-refractivity contribution in [2.75, 3.05) is 19.6 Å². The van der Waals surface area contributed by atoms with Crippen molar-refractivity contribution < 1.29 is 0 Å². The van der Waals surface area contributed by atoms with Crippen LogP contribution in [-0.2, 0) is 0 Å². The Morgan fingerprint density at radius 3 is 3.00 bits per heavy atom. The molecule has 1 saturated heterocycles. The molecule has 1 fully saturated rings. The molecule has 1 heterocycles. The molecule has 0 radical (unpaired) electrons. The zero-order valence-corrected chi connectivity index (χ0v) is 8.50. The minimum atomic E-state index is 0.328. The number of hydrogen-bond acceptors (Lipinski definition) is 2. The van der Waals surface area contributed by atoms with Crippen LogP contribution in [-0.4, -0.2) is 30.6 Å². The highest BCUT2D eigenvalue weighted by Gasteiger charge is 2.22. The number of rotatable bonds is 3.